The monoisotopic (exact) mass is 398 g/mol. The molecule has 1 aromatic heterocycles. The molecule has 0 aliphatic carbocycles. The number of ether oxygens (including phenoxy) is 2. The van der Waals surface area contributed by atoms with Gasteiger partial charge in [0.1, 0.15) is 0 Å². The number of nitriles is 1. The summed E-state index contributed by atoms with van der Waals surface area (Å²) in [5.74, 6) is 0. The third-order valence-electron chi connectivity index (χ3n) is 3.38. The van der Waals surface area contributed by atoms with Gasteiger partial charge >= 0.3 is 134 Å². The summed E-state index contributed by atoms with van der Waals surface area (Å²) >= 11 is -0.389. The first-order chi connectivity index (χ1) is 10.3. The van der Waals surface area contributed by atoms with Crippen LogP contribution in [0.5, 0.6) is 0 Å². The van der Waals surface area contributed by atoms with Crippen LogP contribution >= 0.6 is 0 Å². The molecule has 2 heterocycles. The zero-order valence-electron chi connectivity index (χ0n) is 11.8. The van der Waals surface area contributed by atoms with Crippen LogP contribution in [0.3, 0.4) is 0 Å². The molecular weight excluding hydrogens is 380 g/mol. The Morgan fingerprint density at radius 2 is 1.90 bits per heavy atom. The molecule has 0 saturated carbocycles. The fourth-order valence-electron chi connectivity index (χ4n) is 2.22. The van der Waals surface area contributed by atoms with Crippen LogP contribution in [0.25, 0.3) is 9.14 Å². The van der Waals surface area contributed by atoms with Crippen molar-refractivity contribution in [3.8, 4) is 15.2 Å². The van der Waals surface area contributed by atoms with Crippen molar-refractivity contribution in [1.29, 1.82) is 5.26 Å². The van der Waals surface area contributed by atoms with Gasteiger partial charge < -0.3 is 0 Å². The van der Waals surface area contributed by atoms with Crippen LogP contribution < -0.4 is 4.90 Å². The quantitative estimate of drug-likeness (QED) is 0.744. The average Bonchev–Trinajstić information content (AvgIpc) is 3.18. The van der Waals surface area contributed by atoms with Crippen molar-refractivity contribution in [3.63, 3.8) is 0 Å². The summed E-state index contributed by atoms with van der Waals surface area (Å²) in [6.07, 6.45) is -0.0951. The molecule has 3 rings (SSSR count). The first-order valence-electron chi connectivity index (χ1n) is 6.81. The van der Waals surface area contributed by atoms with Crippen molar-refractivity contribution in [2.24, 2.45) is 0 Å². The molecule has 0 spiro atoms. The van der Waals surface area contributed by atoms with Gasteiger partial charge in [-0.05, 0) is 0 Å². The number of benzene rings is 1. The number of rotatable bonds is 4. The van der Waals surface area contributed by atoms with Crippen molar-refractivity contribution in [2.45, 2.75) is 6.29 Å². The van der Waals surface area contributed by atoms with Crippen LogP contribution in [0.2, 0.25) is 0 Å². The standard InChI is InChI=1S/C16H16N2O2Te/c1-18(11-16-19-8-9-20-16)15-7-6-14(21-15)13-4-2-12(10-17)3-5-13/h2-7,16H,8-9,11H2,1H3. The normalized spacial score (nSPS) is 15.0. The van der Waals surface area contributed by atoms with Gasteiger partial charge in [-0.2, -0.15) is 0 Å². The molecule has 5 heteroatoms. The number of likely N-dealkylation sites (N-methyl/N-ethyl adjacent to an activating group) is 1. The molecule has 1 aromatic carbocycles. The van der Waals surface area contributed by atoms with Crippen LogP contribution in [0.4, 0.5) is 3.70 Å². The Hall–Kier alpha value is -1.30. The van der Waals surface area contributed by atoms with Crippen LogP contribution in [0.15, 0.2) is 36.4 Å². The summed E-state index contributed by atoms with van der Waals surface area (Å²) in [7, 11) is 2.09. The fourth-order valence-corrected chi connectivity index (χ4v) is 5.03. The Morgan fingerprint density at radius 1 is 1.19 bits per heavy atom. The third-order valence-corrected chi connectivity index (χ3v) is 6.94. The molecule has 0 amide bonds. The van der Waals surface area contributed by atoms with Gasteiger partial charge in [0.25, 0.3) is 0 Å². The van der Waals surface area contributed by atoms with E-state index < -0.39 is 0 Å². The zero-order chi connectivity index (χ0) is 14.7. The van der Waals surface area contributed by atoms with E-state index in [9.17, 15) is 0 Å². The van der Waals surface area contributed by atoms with Crippen molar-refractivity contribution in [1.82, 2.24) is 0 Å². The summed E-state index contributed by atoms with van der Waals surface area (Å²) < 4.78 is 13.8. The van der Waals surface area contributed by atoms with E-state index in [1.165, 1.54) is 12.8 Å². The number of anilines is 1. The summed E-state index contributed by atoms with van der Waals surface area (Å²) in [5.41, 5.74) is 1.93. The first kappa shape index (κ1) is 14.6. The molecule has 1 fully saturated rings. The topological polar surface area (TPSA) is 45.5 Å². The Labute approximate surface area is 134 Å². The molecule has 108 valence electrons. The minimum atomic E-state index is -0.389. The van der Waals surface area contributed by atoms with Gasteiger partial charge in [-0.15, -0.1) is 0 Å². The average molecular weight is 396 g/mol. The van der Waals surface area contributed by atoms with Gasteiger partial charge in [0.05, 0.1) is 0 Å². The van der Waals surface area contributed by atoms with E-state index in [0.717, 1.165) is 6.54 Å². The zero-order valence-corrected chi connectivity index (χ0v) is 14.1. The van der Waals surface area contributed by atoms with Gasteiger partial charge in [0, 0.05) is 0 Å². The number of nitrogens with zero attached hydrogens (tertiary/aromatic N) is 2. The second-order valence-corrected chi connectivity index (χ2v) is 7.91. The Bertz CT molecular complexity index is 639. The predicted octanol–water partition coefficient (Wildman–Crippen LogP) is 2.09. The molecular formula is C16H16N2O2Te. The predicted molar refractivity (Wildman–Crippen MR) is 82.5 cm³/mol. The molecule has 0 bridgehead atoms. The third kappa shape index (κ3) is 3.48. The van der Waals surface area contributed by atoms with Gasteiger partial charge in [-0.25, -0.2) is 0 Å². The van der Waals surface area contributed by atoms with Gasteiger partial charge in [-0.3, -0.25) is 0 Å². The van der Waals surface area contributed by atoms with Gasteiger partial charge in [0.15, 0.2) is 0 Å². The van der Waals surface area contributed by atoms with E-state index in [1.54, 1.807) is 0 Å². The molecule has 0 radical (unpaired) electrons. The maximum absolute atomic E-state index is 8.85. The molecule has 0 N–H and O–H groups in total. The molecule has 0 unspecified atom stereocenters. The fraction of sp³-hybridized carbons (Fsp3) is 0.312. The minimum absolute atomic E-state index is 0.0951. The molecule has 2 aromatic rings. The second-order valence-electron chi connectivity index (χ2n) is 4.88. The molecule has 21 heavy (non-hydrogen) atoms. The van der Waals surface area contributed by atoms with Gasteiger partial charge in [0.2, 0.25) is 0 Å². The van der Waals surface area contributed by atoms with E-state index in [1.807, 2.05) is 24.3 Å². The summed E-state index contributed by atoms with van der Waals surface area (Å²) in [5, 5.41) is 8.85. The van der Waals surface area contributed by atoms with Crippen molar-refractivity contribution < 1.29 is 9.47 Å². The molecule has 4 nitrogen and oxygen atoms in total. The Morgan fingerprint density at radius 3 is 2.57 bits per heavy atom. The first-order valence-corrected chi connectivity index (χ1v) is 9.14. The summed E-state index contributed by atoms with van der Waals surface area (Å²) in [4.78, 5) is 2.24. The van der Waals surface area contributed by atoms with Crippen molar-refractivity contribution >= 4 is 24.1 Å². The summed E-state index contributed by atoms with van der Waals surface area (Å²) in [6, 6.07) is 14.4. The van der Waals surface area contributed by atoms with Gasteiger partial charge in [-0.1, -0.05) is 0 Å². The molecule has 1 saturated heterocycles. The van der Waals surface area contributed by atoms with Crippen LogP contribution in [0.1, 0.15) is 5.56 Å². The van der Waals surface area contributed by atoms with Crippen molar-refractivity contribution in [3.05, 3.63) is 42.0 Å². The van der Waals surface area contributed by atoms with E-state index in [4.69, 9.17) is 14.7 Å². The SMILES string of the molecule is CN(CC1OCCO1)c1ccc(-c2ccc(C#N)cc2)[te]1. The van der Waals surface area contributed by atoms with E-state index >= 15 is 0 Å². The second kappa shape index (κ2) is 6.64. The Balaban J connectivity index is 1.71. The summed E-state index contributed by atoms with van der Waals surface area (Å²) in [6.45, 7) is 2.18. The van der Waals surface area contributed by atoms with Crippen molar-refractivity contribution in [2.75, 3.05) is 31.7 Å². The number of hydrogen-bond acceptors (Lipinski definition) is 4. The molecule has 0 atom stereocenters. The molecule has 1 aliphatic rings. The molecule has 1 aliphatic heterocycles. The van der Waals surface area contributed by atoms with E-state index in [0.29, 0.717) is 18.8 Å². The van der Waals surface area contributed by atoms with E-state index in [2.05, 4.69) is 30.1 Å². The van der Waals surface area contributed by atoms with Crippen LogP contribution in [-0.2, 0) is 9.47 Å². The maximum atomic E-state index is 8.85. The number of hydrogen-bond donors (Lipinski definition) is 0. The van der Waals surface area contributed by atoms with Crippen LogP contribution in [0, 0.1) is 11.3 Å². The van der Waals surface area contributed by atoms with Crippen LogP contribution in [-0.4, -0.2) is 53.5 Å². The Kier molecular flexibility index (Phi) is 4.63. The van der Waals surface area contributed by atoms with E-state index in [-0.39, 0.29) is 26.7 Å².